The molecule has 1 aliphatic heterocycles. The van der Waals surface area contributed by atoms with E-state index in [9.17, 15) is 4.79 Å². The number of nitrogens with zero attached hydrogens (tertiary/aromatic N) is 5. The van der Waals surface area contributed by atoms with Crippen molar-refractivity contribution in [2.45, 2.75) is 19.9 Å². The quantitative estimate of drug-likeness (QED) is 0.842. The number of aryl methyl sites for hydroxylation is 1. The summed E-state index contributed by atoms with van der Waals surface area (Å²) in [4.78, 5) is 17.0. The van der Waals surface area contributed by atoms with Gasteiger partial charge in [-0.25, -0.2) is 4.68 Å². The number of piperazine rings is 1. The second-order valence-electron chi connectivity index (χ2n) is 7.07. The minimum atomic E-state index is -0.165. The summed E-state index contributed by atoms with van der Waals surface area (Å²) in [6, 6.07) is 8.35. The number of aromatic nitrogens is 3. The van der Waals surface area contributed by atoms with Gasteiger partial charge in [-0.15, -0.1) is 5.10 Å². The van der Waals surface area contributed by atoms with Crippen LogP contribution in [0.25, 0.3) is 0 Å². The Labute approximate surface area is 155 Å². The summed E-state index contributed by atoms with van der Waals surface area (Å²) in [7, 11) is 2.14. The number of benzene rings is 1. The van der Waals surface area contributed by atoms with Crippen molar-refractivity contribution in [1.29, 1.82) is 0 Å². The highest BCUT2D eigenvalue weighted by atomic mass is 16.2. The van der Waals surface area contributed by atoms with Crippen LogP contribution in [0.1, 0.15) is 34.6 Å². The number of carbonyl (C=O) groups is 1. The second kappa shape index (κ2) is 8.42. The Balaban J connectivity index is 1.50. The van der Waals surface area contributed by atoms with Gasteiger partial charge in [0.2, 0.25) is 0 Å². The van der Waals surface area contributed by atoms with Crippen LogP contribution in [-0.4, -0.2) is 77.0 Å². The highest BCUT2D eigenvalue weighted by molar-refractivity contribution is 5.91. The lowest BCUT2D eigenvalue weighted by atomic mass is 10.1. The number of likely N-dealkylation sites (N-methyl/N-ethyl adjacent to an activating group) is 1. The highest BCUT2D eigenvalue weighted by Crippen LogP contribution is 2.17. The maximum Gasteiger partial charge on any atom is 0.273 e. The van der Waals surface area contributed by atoms with Gasteiger partial charge in [0.15, 0.2) is 5.69 Å². The van der Waals surface area contributed by atoms with Crippen LogP contribution >= 0.6 is 0 Å². The molecule has 3 rings (SSSR count). The van der Waals surface area contributed by atoms with Crippen molar-refractivity contribution in [2.75, 3.05) is 46.3 Å². The molecule has 1 amide bonds. The Kier molecular flexibility index (Phi) is 6.00. The topological polar surface area (TPSA) is 66.3 Å². The molecule has 2 aromatic rings. The van der Waals surface area contributed by atoms with Gasteiger partial charge in [0.1, 0.15) is 0 Å². The first kappa shape index (κ1) is 18.5. The molecule has 1 aliphatic rings. The van der Waals surface area contributed by atoms with Crippen molar-refractivity contribution in [3.63, 3.8) is 0 Å². The van der Waals surface area contributed by atoms with E-state index >= 15 is 0 Å². The molecule has 0 bridgehead atoms. The molecule has 0 spiro atoms. The summed E-state index contributed by atoms with van der Waals surface area (Å²) in [6.07, 6.45) is 1.72. The lowest BCUT2D eigenvalue weighted by Gasteiger charge is -2.32. The lowest BCUT2D eigenvalue weighted by molar-refractivity contribution is 0.0936. The molecule has 26 heavy (non-hydrogen) atoms. The zero-order valence-corrected chi connectivity index (χ0v) is 15.9. The zero-order valence-electron chi connectivity index (χ0n) is 15.9. The molecular formula is C19H28N6O. The van der Waals surface area contributed by atoms with E-state index in [1.54, 1.807) is 10.9 Å². The number of amides is 1. The molecule has 7 heteroatoms. The van der Waals surface area contributed by atoms with Crippen molar-refractivity contribution in [3.05, 3.63) is 47.3 Å². The van der Waals surface area contributed by atoms with Gasteiger partial charge in [0.25, 0.3) is 5.91 Å². The summed E-state index contributed by atoms with van der Waals surface area (Å²) in [5, 5.41) is 11.1. The number of hydrogen-bond acceptors (Lipinski definition) is 5. The maximum absolute atomic E-state index is 12.3. The third kappa shape index (κ3) is 4.68. The van der Waals surface area contributed by atoms with Crippen molar-refractivity contribution in [2.24, 2.45) is 0 Å². The van der Waals surface area contributed by atoms with Gasteiger partial charge < -0.3 is 10.2 Å². The molecule has 1 saturated heterocycles. The van der Waals surface area contributed by atoms with Crippen LogP contribution in [0.4, 0.5) is 0 Å². The third-order valence-electron chi connectivity index (χ3n) is 5.01. The van der Waals surface area contributed by atoms with E-state index in [4.69, 9.17) is 0 Å². The number of hydrogen-bond donors (Lipinski definition) is 1. The molecule has 0 saturated carbocycles. The molecule has 1 aromatic heterocycles. The molecule has 2 heterocycles. The Morgan fingerprint density at radius 3 is 2.58 bits per heavy atom. The van der Waals surface area contributed by atoms with Crippen molar-refractivity contribution < 1.29 is 4.79 Å². The zero-order chi connectivity index (χ0) is 18.5. The van der Waals surface area contributed by atoms with Crippen molar-refractivity contribution in [3.8, 4) is 0 Å². The first-order chi connectivity index (χ1) is 12.5. The smallest absolute Gasteiger partial charge is 0.273 e. The summed E-state index contributed by atoms with van der Waals surface area (Å²) < 4.78 is 1.74. The van der Waals surface area contributed by atoms with Crippen LogP contribution in [0, 0.1) is 6.92 Å². The van der Waals surface area contributed by atoms with E-state index in [1.807, 2.05) is 0 Å². The Morgan fingerprint density at radius 2 is 1.88 bits per heavy atom. The summed E-state index contributed by atoms with van der Waals surface area (Å²) in [5.41, 5.74) is 2.73. The standard InChI is InChI=1S/C19H28N6O/c1-15-4-6-17(7-5-15)16(2)25-14-18(21-22-25)19(26)20-8-9-24-12-10-23(3)11-13-24/h4-7,14,16H,8-13H2,1-3H3,(H,20,26)/t16-/m1/s1. The maximum atomic E-state index is 12.3. The minimum absolute atomic E-state index is 0.0370. The van der Waals surface area contributed by atoms with Crippen LogP contribution in [-0.2, 0) is 0 Å². The molecular weight excluding hydrogens is 328 g/mol. The van der Waals surface area contributed by atoms with Gasteiger partial charge in [-0.05, 0) is 26.5 Å². The van der Waals surface area contributed by atoms with E-state index in [0.717, 1.165) is 38.3 Å². The SMILES string of the molecule is Cc1ccc([C@@H](C)n2cc(C(=O)NCCN3CCN(C)CC3)nn2)cc1. The lowest BCUT2D eigenvalue weighted by Crippen LogP contribution is -2.46. The molecule has 0 unspecified atom stereocenters. The predicted molar refractivity (Wildman–Crippen MR) is 101 cm³/mol. The Morgan fingerprint density at radius 1 is 1.19 bits per heavy atom. The van der Waals surface area contributed by atoms with Crippen LogP contribution < -0.4 is 5.32 Å². The van der Waals surface area contributed by atoms with Gasteiger partial charge in [-0.1, -0.05) is 35.0 Å². The van der Waals surface area contributed by atoms with E-state index in [2.05, 4.69) is 70.6 Å². The molecule has 1 N–H and O–H groups in total. The molecule has 0 radical (unpaired) electrons. The van der Waals surface area contributed by atoms with E-state index in [0.29, 0.717) is 12.2 Å². The normalized spacial score (nSPS) is 17.2. The second-order valence-corrected chi connectivity index (χ2v) is 7.07. The molecule has 0 aliphatic carbocycles. The van der Waals surface area contributed by atoms with E-state index in [-0.39, 0.29) is 11.9 Å². The average Bonchev–Trinajstić information content (AvgIpc) is 3.13. The van der Waals surface area contributed by atoms with Crippen LogP contribution in [0.2, 0.25) is 0 Å². The molecule has 1 atom stereocenters. The first-order valence-electron chi connectivity index (χ1n) is 9.20. The fourth-order valence-electron chi connectivity index (χ4n) is 3.06. The van der Waals surface area contributed by atoms with E-state index < -0.39 is 0 Å². The fourth-order valence-corrected chi connectivity index (χ4v) is 3.06. The summed E-state index contributed by atoms with van der Waals surface area (Å²) >= 11 is 0. The van der Waals surface area contributed by atoms with Gasteiger partial charge in [0, 0.05) is 39.3 Å². The monoisotopic (exact) mass is 356 g/mol. The van der Waals surface area contributed by atoms with Crippen LogP contribution in [0.3, 0.4) is 0 Å². The number of nitrogens with one attached hydrogen (secondary N) is 1. The van der Waals surface area contributed by atoms with Gasteiger partial charge in [-0.3, -0.25) is 9.69 Å². The minimum Gasteiger partial charge on any atom is -0.349 e. The molecule has 1 aromatic carbocycles. The van der Waals surface area contributed by atoms with Crippen LogP contribution in [0.5, 0.6) is 0 Å². The first-order valence-corrected chi connectivity index (χ1v) is 9.20. The largest absolute Gasteiger partial charge is 0.349 e. The van der Waals surface area contributed by atoms with Crippen molar-refractivity contribution in [1.82, 2.24) is 30.1 Å². The molecule has 7 nitrogen and oxygen atoms in total. The Hall–Kier alpha value is -2.25. The van der Waals surface area contributed by atoms with Crippen LogP contribution in [0.15, 0.2) is 30.5 Å². The number of carbonyl (C=O) groups excluding carboxylic acids is 1. The fraction of sp³-hybridized carbons (Fsp3) is 0.526. The highest BCUT2D eigenvalue weighted by Gasteiger charge is 2.16. The third-order valence-corrected chi connectivity index (χ3v) is 5.01. The Bertz CT molecular complexity index is 718. The van der Waals surface area contributed by atoms with Gasteiger partial charge >= 0.3 is 0 Å². The van der Waals surface area contributed by atoms with E-state index in [1.165, 1.54) is 5.56 Å². The van der Waals surface area contributed by atoms with Gasteiger partial charge in [0.05, 0.1) is 12.2 Å². The summed E-state index contributed by atoms with van der Waals surface area (Å²) in [5.74, 6) is -0.165. The molecule has 1 fully saturated rings. The number of rotatable bonds is 6. The van der Waals surface area contributed by atoms with Crippen molar-refractivity contribution >= 4 is 5.91 Å². The average molecular weight is 356 g/mol. The molecule has 140 valence electrons. The summed E-state index contributed by atoms with van der Waals surface area (Å²) in [6.45, 7) is 9.88. The van der Waals surface area contributed by atoms with Gasteiger partial charge in [-0.2, -0.15) is 0 Å². The predicted octanol–water partition coefficient (Wildman–Crippen LogP) is 1.17.